The molecule has 0 fully saturated rings. The van der Waals surface area contributed by atoms with Crippen LogP contribution in [0.1, 0.15) is 44.0 Å². The van der Waals surface area contributed by atoms with Gasteiger partial charge in [-0.25, -0.2) is 4.79 Å². The Morgan fingerprint density at radius 2 is 1.67 bits per heavy atom. The third-order valence-corrected chi connectivity index (χ3v) is 4.15. The van der Waals surface area contributed by atoms with Crippen LogP contribution in [-0.2, 0) is 9.53 Å². The fraction of sp³-hybridized carbons (Fsp3) is 0.391. The Labute approximate surface area is 177 Å². The molecule has 2 N–H and O–H groups in total. The quantitative estimate of drug-likeness (QED) is 0.393. The molecule has 7 nitrogen and oxygen atoms in total. The van der Waals surface area contributed by atoms with Gasteiger partial charge in [-0.05, 0) is 44.5 Å². The second-order valence-electron chi connectivity index (χ2n) is 6.48. The number of nitrogens with one attached hydrogen (secondary N) is 2. The lowest BCUT2D eigenvalue weighted by atomic mass is 10.1. The summed E-state index contributed by atoms with van der Waals surface area (Å²) >= 11 is 0. The number of para-hydroxylation sites is 1. The van der Waals surface area contributed by atoms with Crippen molar-refractivity contribution in [2.24, 2.45) is 0 Å². The molecule has 0 radical (unpaired) electrons. The minimum absolute atomic E-state index is 0.390. The highest BCUT2D eigenvalue weighted by Crippen LogP contribution is 2.30. The van der Waals surface area contributed by atoms with Crippen molar-refractivity contribution in [3.05, 3.63) is 48.0 Å². The van der Waals surface area contributed by atoms with Gasteiger partial charge in [0.05, 0.1) is 18.8 Å². The van der Waals surface area contributed by atoms with E-state index in [0.717, 1.165) is 19.4 Å². The first kappa shape index (κ1) is 23.1. The van der Waals surface area contributed by atoms with E-state index in [2.05, 4.69) is 17.6 Å². The maximum atomic E-state index is 12.4. The van der Waals surface area contributed by atoms with Crippen molar-refractivity contribution in [1.29, 1.82) is 0 Å². The van der Waals surface area contributed by atoms with E-state index < -0.39 is 11.9 Å². The Bertz CT molecular complexity index is 838. The molecule has 2 rings (SSSR count). The van der Waals surface area contributed by atoms with Crippen molar-refractivity contribution >= 4 is 23.3 Å². The number of carbonyl (C=O) groups is 2. The lowest BCUT2D eigenvalue weighted by Gasteiger charge is -2.13. The monoisotopic (exact) mass is 414 g/mol. The predicted octanol–water partition coefficient (Wildman–Crippen LogP) is 4.49. The summed E-state index contributed by atoms with van der Waals surface area (Å²) in [4.78, 5) is 24.7. The lowest BCUT2D eigenvalue weighted by Crippen LogP contribution is -2.21. The molecule has 0 aliphatic heterocycles. The summed E-state index contributed by atoms with van der Waals surface area (Å²) in [6.45, 7) is 7.21. The van der Waals surface area contributed by atoms with E-state index in [-0.39, 0.29) is 6.61 Å². The second kappa shape index (κ2) is 12.4. The van der Waals surface area contributed by atoms with Crippen LogP contribution in [0.25, 0.3) is 0 Å². The molecule has 0 saturated heterocycles. The Balaban J connectivity index is 1.95. The molecule has 2 aromatic rings. The summed E-state index contributed by atoms with van der Waals surface area (Å²) in [5.41, 5.74) is 1.63. The highest BCUT2D eigenvalue weighted by Gasteiger charge is 2.15. The molecule has 0 aliphatic rings. The van der Waals surface area contributed by atoms with Crippen molar-refractivity contribution < 1.29 is 23.8 Å². The molecule has 1 amide bonds. The van der Waals surface area contributed by atoms with E-state index in [0.29, 0.717) is 41.7 Å². The zero-order chi connectivity index (χ0) is 21.8. The lowest BCUT2D eigenvalue weighted by molar-refractivity contribution is -0.119. The highest BCUT2D eigenvalue weighted by atomic mass is 16.5. The van der Waals surface area contributed by atoms with Crippen molar-refractivity contribution in [3.8, 4) is 11.5 Å². The van der Waals surface area contributed by atoms with Crippen LogP contribution in [0.3, 0.4) is 0 Å². The number of amides is 1. The van der Waals surface area contributed by atoms with Crippen LogP contribution in [-0.4, -0.2) is 38.2 Å². The molecule has 0 aromatic heterocycles. The number of benzene rings is 2. The molecule has 162 valence electrons. The normalized spacial score (nSPS) is 10.2. The van der Waals surface area contributed by atoms with Crippen LogP contribution in [0.15, 0.2) is 42.5 Å². The third-order valence-electron chi connectivity index (χ3n) is 4.15. The van der Waals surface area contributed by atoms with E-state index in [1.54, 1.807) is 30.3 Å². The number of hydrogen-bond donors (Lipinski definition) is 2. The molecule has 2 aromatic carbocycles. The van der Waals surface area contributed by atoms with Crippen LogP contribution in [0.2, 0.25) is 0 Å². The molecule has 0 atom stereocenters. The highest BCUT2D eigenvalue weighted by molar-refractivity contribution is 5.98. The van der Waals surface area contributed by atoms with E-state index in [1.165, 1.54) is 0 Å². The van der Waals surface area contributed by atoms with Gasteiger partial charge in [0.25, 0.3) is 5.91 Å². The third kappa shape index (κ3) is 6.99. The molecule has 0 bridgehead atoms. The Morgan fingerprint density at radius 3 is 2.40 bits per heavy atom. The average Bonchev–Trinajstić information content (AvgIpc) is 2.75. The van der Waals surface area contributed by atoms with E-state index in [1.807, 2.05) is 26.0 Å². The minimum atomic E-state index is -0.550. The summed E-state index contributed by atoms with van der Waals surface area (Å²) in [5.74, 6) is 0.162. The molecule has 0 saturated carbocycles. The van der Waals surface area contributed by atoms with Crippen LogP contribution in [0, 0.1) is 0 Å². The number of anilines is 2. The minimum Gasteiger partial charge on any atom is -0.490 e. The van der Waals surface area contributed by atoms with Crippen molar-refractivity contribution in [2.75, 3.05) is 37.0 Å². The molecular weight excluding hydrogens is 384 g/mol. The molecule has 7 heteroatoms. The van der Waals surface area contributed by atoms with Gasteiger partial charge in [-0.2, -0.15) is 0 Å². The molecule has 0 aliphatic carbocycles. The van der Waals surface area contributed by atoms with Gasteiger partial charge in [-0.15, -0.1) is 0 Å². The van der Waals surface area contributed by atoms with Crippen molar-refractivity contribution in [3.63, 3.8) is 0 Å². The Morgan fingerprint density at radius 1 is 0.933 bits per heavy atom. The van der Waals surface area contributed by atoms with E-state index >= 15 is 0 Å². The summed E-state index contributed by atoms with van der Waals surface area (Å²) in [5, 5.41) is 5.94. The van der Waals surface area contributed by atoms with Gasteiger partial charge in [-0.1, -0.05) is 25.5 Å². The smallest absolute Gasteiger partial charge is 0.340 e. The van der Waals surface area contributed by atoms with Crippen LogP contribution in [0.5, 0.6) is 11.5 Å². The first-order valence-corrected chi connectivity index (χ1v) is 10.3. The van der Waals surface area contributed by atoms with Gasteiger partial charge in [-0.3, -0.25) is 4.79 Å². The molecule has 0 heterocycles. The predicted molar refractivity (Wildman–Crippen MR) is 118 cm³/mol. The fourth-order valence-corrected chi connectivity index (χ4v) is 2.75. The number of ether oxygens (including phenoxy) is 3. The number of esters is 1. The molecule has 0 spiro atoms. The molecule has 0 unspecified atom stereocenters. The van der Waals surface area contributed by atoms with Gasteiger partial charge in [0.2, 0.25) is 0 Å². The van der Waals surface area contributed by atoms with Crippen LogP contribution >= 0.6 is 0 Å². The van der Waals surface area contributed by atoms with Crippen molar-refractivity contribution in [2.45, 2.75) is 33.6 Å². The van der Waals surface area contributed by atoms with Crippen molar-refractivity contribution in [1.82, 2.24) is 0 Å². The van der Waals surface area contributed by atoms with E-state index in [4.69, 9.17) is 14.2 Å². The van der Waals surface area contributed by atoms with Crippen LogP contribution < -0.4 is 20.1 Å². The first-order chi connectivity index (χ1) is 14.6. The van der Waals surface area contributed by atoms with Gasteiger partial charge in [0, 0.05) is 24.0 Å². The first-order valence-electron chi connectivity index (χ1n) is 10.3. The number of hydrogen-bond acceptors (Lipinski definition) is 6. The Kier molecular flexibility index (Phi) is 9.51. The van der Waals surface area contributed by atoms with Gasteiger partial charge in [0.1, 0.15) is 0 Å². The Hall–Kier alpha value is -3.22. The second-order valence-corrected chi connectivity index (χ2v) is 6.48. The summed E-state index contributed by atoms with van der Waals surface area (Å²) in [6, 6.07) is 12.2. The summed E-state index contributed by atoms with van der Waals surface area (Å²) < 4.78 is 16.3. The number of rotatable bonds is 12. The molecular formula is C23H30N2O5. The number of carbonyl (C=O) groups excluding carboxylic acids is 2. The van der Waals surface area contributed by atoms with Gasteiger partial charge < -0.3 is 24.8 Å². The summed E-state index contributed by atoms with van der Waals surface area (Å²) in [6.07, 6.45) is 2.05. The number of unbranched alkanes of at least 4 members (excludes halogenated alkanes) is 1. The van der Waals surface area contributed by atoms with Crippen LogP contribution in [0.4, 0.5) is 11.4 Å². The SMILES string of the molecule is CCCCNc1ccccc1C(=O)OCC(=O)Nc1ccc(OCC)c(OCC)c1. The summed E-state index contributed by atoms with van der Waals surface area (Å²) in [7, 11) is 0. The topological polar surface area (TPSA) is 85.9 Å². The largest absolute Gasteiger partial charge is 0.490 e. The van der Waals surface area contributed by atoms with E-state index in [9.17, 15) is 9.59 Å². The zero-order valence-corrected chi connectivity index (χ0v) is 17.8. The zero-order valence-electron chi connectivity index (χ0n) is 17.8. The van der Waals surface area contributed by atoms with Gasteiger partial charge in [0.15, 0.2) is 18.1 Å². The standard InChI is InChI=1S/C23H30N2O5/c1-4-7-14-24-19-11-9-8-10-18(19)23(27)30-16-22(26)25-17-12-13-20(28-5-2)21(15-17)29-6-3/h8-13,15,24H,4-7,14,16H2,1-3H3,(H,25,26). The molecule has 30 heavy (non-hydrogen) atoms. The maximum Gasteiger partial charge on any atom is 0.340 e. The fourth-order valence-electron chi connectivity index (χ4n) is 2.75. The average molecular weight is 415 g/mol. The van der Waals surface area contributed by atoms with Gasteiger partial charge >= 0.3 is 5.97 Å². The maximum absolute atomic E-state index is 12.4.